The molecule has 0 radical (unpaired) electrons. The van der Waals surface area contributed by atoms with E-state index in [1.54, 1.807) is 6.20 Å². The van der Waals surface area contributed by atoms with Crippen molar-refractivity contribution in [3.8, 4) is 0 Å². The number of nitrogens with one attached hydrogen (secondary N) is 3. The van der Waals surface area contributed by atoms with Crippen molar-refractivity contribution in [2.45, 2.75) is 71.0 Å². The van der Waals surface area contributed by atoms with E-state index in [0.717, 1.165) is 19.3 Å². The van der Waals surface area contributed by atoms with E-state index in [9.17, 15) is 4.79 Å². The number of urea groups is 1. The van der Waals surface area contributed by atoms with Gasteiger partial charge in [0, 0.05) is 23.3 Å². The highest BCUT2D eigenvalue weighted by molar-refractivity contribution is 5.75. The first-order valence-electron chi connectivity index (χ1n) is 6.75. The average molecular weight is 253 g/mol. The molecule has 0 bridgehead atoms. The number of piperidine rings is 1. The molecule has 0 aromatic heterocycles. The van der Waals surface area contributed by atoms with Gasteiger partial charge in [-0.3, -0.25) is 0 Å². The molecule has 1 aliphatic heterocycles. The lowest BCUT2D eigenvalue weighted by atomic mass is 9.80. The predicted octanol–water partition coefficient (Wildman–Crippen LogP) is 2.52. The minimum atomic E-state index is -0.113. The topological polar surface area (TPSA) is 53.2 Å². The number of carbonyl (C=O) groups is 1. The minimum absolute atomic E-state index is 0.0545. The minimum Gasteiger partial charge on any atom is -0.335 e. The van der Waals surface area contributed by atoms with Crippen LogP contribution >= 0.6 is 0 Å². The summed E-state index contributed by atoms with van der Waals surface area (Å²) >= 11 is 0. The normalized spacial score (nSPS) is 22.9. The molecule has 3 N–H and O–H groups in total. The molecule has 104 valence electrons. The summed E-state index contributed by atoms with van der Waals surface area (Å²) in [6.07, 6.45) is 6.44. The number of amides is 2. The summed E-state index contributed by atoms with van der Waals surface area (Å²) in [6, 6.07) is 0.101. The number of carbonyl (C=O) groups excluding carboxylic acids is 1. The molecule has 18 heavy (non-hydrogen) atoms. The predicted molar refractivity (Wildman–Crippen MR) is 75.4 cm³/mol. The van der Waals surface area contributed by atoms with E-state index in [2.05, 4.69) is 43.6 Å². The van der Waals surface area contributed by atoms with Crippen LogP contribution < -0.4 is 16.0 Å². The van der Waals surface area contributed by atoms with Gasteiger partial charge in [-0.05, 0) is 47.0 Å². The fourth-order valence-electron chi connectivity index (χ4n) is 2.90. The quantitative estimate of drug-likeness (QED) is 0.724. The van der Waals surface area contributed by atoms with Gasteiger partial charge in [-0.25, -0.2) is 4.79 Å². The van der Waals surface area contributed by atoms with Crippen molar-refractivity contribution >= 4 is 6.03 Å². The second-order valence-electron chi connectivity index (χ2n) is 6.43. The largest absolute Gasteiger partial charge is 0.335 e. The van der Waals surface area contributed by atoms with Gasteiger partial charge in [0.25, 0.3) is 0 Å². The van der Waals surface area contributed by atoms with Crippen molar-refractivity contribution in [1.29, 1.82) is 0 Å². The summed E-state index contributed by atoms with van der Waals surface area (Å²) in [6.45, 7) is 10.7. The smallest absolute Gasteiger partial charge is 0.318 e. The van der Waals surface area contributed by atoms with E-state index in [1.165, 1.54) is 0 Å². The molecular weight excluding hydrogens is 226 g/mol. The van der Waals surface area contributed by atoms with Crippen molar-refractivity contribution in [3.63, 3.8) is 0 Å². The highest BCUT2D eigenvalue weighted by Gasteiger charge is 2.38. The van der Waals surface area contributed by atoms with E-state index < -0.39 is 0 Å². The molecule has 0 aromatic rings. The second kappa shape index (κ2) is 5.74. The Bertz CT molecular complexity index is 305. The number of allylic oxidation sites excluding steroid dienone is 1. The van der Waals surface area contributed by atoms with E-state index in [0.29, 0.717) is 0 Å². The maximum Gasteiger partial charge on any atom is 0.318 e. The monoisotopic (exact) mass is 253 g/mol. The van der Waals surface area contributed by atoms with E-state index in [1.807, 2.05) is 13.0 Å². The van der Waals surface area contributed by atoms with E-state index in [4.69, 9.17) is 0 Å². The van der Waals surface area contributed by atoms with E-state index >= 15 is 0 Å². The van der Waals surface area contributed by atoms with Gasteiger partial charge in [-0.1, -0.05) is 13.0 Å². The number of hydrogen-bond donors (Lipinski definition) is 3. The highest BCUT2D eigenvalue weighted by Crippen LogP contribution is 2.28. The van der Waals surface area contributed by atoms with E-state index in [-0.39, 0.29) is 23.2 Å². The van der Waals surface area contributed by atoms with Gasteiger partial charge in [-0.15, -0.1) is 0 Å². The Kier molecular flexibility index (Phi) is 4.79. The van der Waals surface area contributed by atoms with Crippen LogP contribution in [-0.4, -0.2) is 23.2 Å². The lowest BCUT2D eigenvalue weighted by molar-refractivity contribution is 0.148. The molecule has 4 nitrogen and oxygen atoms in total. The van der Waals surface area contributed by atoms with Gasteiger partial charge >= 0.3 is 6.03 Å². The van der Waals surface area contributed by atoms with Crippen LogP contribution in [0.25, 0.3) is 0 Å². The van der Waals surface area contributed by atoms with Crippen LogP contribution in [0.3, 0.4) is 0 Å². The molecule has 0 spiro atoms. The van der Waals surface area contributed by atoms with Gasteiger partial charge in [0.05, 0.1) is 0 Å². The maximum atomic E-state index is 11.7. The third-order valence-corrected chi connectivity index (χ3v) is 3.09. The third-order valence-electron chi connectivity index (χ3n) is 3.09. The molecule has 1 heterocycles. The van der Waals surface area contributed by atoms with Crippen molar-refractivity contribution in [3.05, 3.63) is 12.3 Å². The molecule has 1 fully saturated rings. The summed E-state index contributed by atoms with van der Waals surface area (Å²) in [4.78, 5) is 11.7. The number of rotatable bonds is 3. The Labute approximate surface area is 111 Å². The molecule has 0 unspecified atom stereocenters. The zero-order valence-corrected chi connectivity index (χ0v) is 12.3. The molecule has 0 aromatic carbocycles. The number of hydrogen-bond acceptors (Lipinski definition) is 2. The highest BCUT2D eigenvalue weighted by atomic mass is 16.2. The Hall–Kier alpha value is -1.03. The molecule has 0 aliphatic carbocycles. The lowest BCUT2D eigenvalue weighted by Crippen LogP contribution is -2.62. The zero-order chi connectivity index (χ0) is 13.8. The molecule has 1 rings (SSSR count). The van der Waals surface area contributed by atoms with Crippen LogP contribution in [0, 0.1) is 0 Å². The SMILES string of the molecule is CC/C=C/NC(=O)NC1CC(C)(C)NC(C)(C)C1. The van der Waals surface area contributed by atoms with Crippen molar-refractivity contribution in [2.75, 3.05) is 0 Å². The van der Waals surface area contributed by atoms with Gasteiger partial charge in [0.15, 0.2) is 0 Å². The summed E-state index contributed by atoms with van der Waals surface area (Å²) in [5, 5.41) is 9.38. The lowest BCUT2D eigenvalue weighted by Gasteiger charge is -2.46. The molecule has 0 atom stereocenters. The molecule has 1 aliphatic rings. The van der Waals surface area contributed by atoms with Gasteiger partial charge in [-0.2, -0.15) is 0 Å². The van der Waals surface area contributed by atoms with Gasteiger partial charge in [0.1, 0.15) is 0 Å². The second-order valence-corrected chi connectivity index (χ2v) is 6.43. The summed E-state index contributed by atoms with van der Waals surface area (Å²) < 4.78 is 0. The molecule has 2 amide bonds. The van der Waals surface area contributed by atoms with Crippen molar-refractivity contribution < 1.29 is 4.79 Å². The van der Waals surface area contributed by atoms with Crippen molar-refractivity contribution in [2.24, 2.45) is 0 Å². The standard InChI is InChI=1S/C14H27N3O/c1-6-7-8-15-12(18)16-11-9-13(2,3)17-14(4,5)10-11/h7-8,11,17H,6,9-10H2,1-5H3,(H2,15,16,18)/b8-7+. The molecule has 4 heteroatoms. The fraction of sp³-hybridized carbons (Fsp3) is 0.786. The van der Waals surface area contributed by atoms with Crippen LogP contribution in [0.5, 0.6) is 0 Å². The zero-order valence-electron chi connectivity index (χ0n) is 12.3. The molecular formula is C14H27N3O. The summed E-state index contributed by atoms with van der Waals surface area (Å²) in [5.41, 5.74) is 0.109. The van der Waals surface area contributed by atoms with Crippen LogP contribution in [-0.2, 0) is 0 Å². The maximum absolute atomic E-state index is 11.7. The summed E-state index contributed by atoms with van der Waals surface area (Å²) in [5.74, 6) is 0. The van der Waals surface area contributed by atoms with Crippen LogP contribution in [0.2, 0.25) is 0 Å². The Morgan fingerprint density at radius 3 is 2.33 bits per heavy atom. The van der Waals surface area contributed by atoms with Gasteiger partial charge in [0.2, 0.25) is 0 Å². The third kappa shape index (κ3) is 5.08. The molecule has 0 saturated carbocycles. The van der Waals surface area contributed by atoms with Crippen LogP contribution in [0.4, 0.5) is 4.79 Å². The summed E-state index contributed by atoms with van der Waals surface area (Å²) in [7, 11) is 0. The average Bonchev–Trinajstić information content (AvgIpc) is 2.12. The first-order valence-corrected chi connectivity index (χ1v) is 6.75. The fourth-order valence-corrected chi connectivity index (χ4v) is 2.90. The van der Waals surface area contributed by atoms with Crippen molar-refractivity contribution in [1.82, 2.24) is 16.0 Å². The first-order chi connectivity index (χ1) is 8.24. The molecule has 1 saturated heterocycles. The Morgan fingerprint density at radius 1 is 1.28 bits per heavy atom. The first kappa shape index (κ1) is 15.0. The van der Waals surface area contributed by atoms with Crippen LogP contribution in [0.15, 0.2) is 12.3 Å². The van der Waals surface area contributed by atoms with Crippen LogP contribution in [0.1, 0.15) is 53.9 Å². The van der Waals surface area contributed by atoms with Gasteiger partial charge < -0.3 is 16.0 Å². The Balaban J connectivity index is 2.51. The Morgan fingerprint density at radius 2 is 1.83 bits per heavy atom.